The molecule has 0 bridgehead atoms. The third kappa shape index (κ3) is 3.37. The van der Waals surface area contributed by atoms with Gasteiger partial charge in [-0.3, -0.25) is 4.79 Å². The third-order valence-corrected chi connectivity index (χ3v) is 5.23. The van der Waals surface area contributed by atoms with Crippen LogP contribution in [0, 0.1) is 5.82 Å². The van der Waals surface area contributed by atoms with E-state index >= 15 is 0 Å². The number of hydrogen-bond donors (Lipinski definition) is 1. The van der Waals surface area contributed by atoms with E-state index in [9.17, 15) is 14.3 Å². The molecule has 1 N–H and O–H groups in total. The maximum atomic E-state index is 14.8. The highest BCUT2D eigenvalue weighted by Crippen LogP contribution is 2.33. The number of aliphatic hydroxyl groups is 1. The monoisotopic (exact) mass is 404 g/mol. The number of Topliss-reactive ketones (excluding diaryl/α,β-unsaturated/α-hetero) is 1. The minimum atomic E-state index is -0.416. The largest absolute Gasteiger partial charge is 0.392 e. The highest BCUT2D eigenvalue weighted by atomic mass is 19.1. The van der Waals surface area contributed by atoms with Crippen LogP contribution in [0.1, 0.15) is 36.2 Å². The molecule has 4 aromatic rings. The Labute approximate surface area is 173 Å². The van der Waals surface area contributed by atoms with Gasteiger partial charge in [0.1, 0.15) is 11.3 Å². The van der Waals surface area contributed by atoms with E-state index in [-0.39, 0.29) is 12.4 Å². The van der Waals surface area contributed by atoms with Crippen molar-refractivity contribution in [3.05, 3.63) is 65.9 Å². The Kier molecular flexibility index (Phi) is 5.37. The summed E-state index contributed by atoms with van der Waals surface area (Å²) in [5.41, 5.74) is 4.73. The van der Waals surface area contributed by atoms with E-state index in [1.807, 2.05) is 11.5 Å². The van der Waals surface area contributed by atoms with Crippen LogP contribution in [0.4, 0.5) is 4.39 Å². The van der Waals surface area contributed by atoms with Crippen molar-refractivity contribution in [2.45, 2.75) is 33.4 Å². The number of carbonyl (C=O) groups excluding carboxylic acids is 1. The van der Waals surface area contributed by atoms with Crippen molar-refractivity contribution >= 4 is 16.9 Å². The van der Waals surface area contributed by atoms with Gasteiger partial charge in [-0.1, -0.05) is 25.1 Å². The van der Waals surface area contributed by atoms with E-state index in [0.717, 1.165) is 11.1 Å². The number of aliphatic hydroxyl groups excluding tert-OH is 1. The third-order valence-electron chi connectivity index (χ3n) is 5.23. The van der Waals surface area contributed by atoms with Crippen LogP contribution in [0.5, 0.6) is 0 Å². The van der Waals surface area contributed by atoms with Crippen LogP contribution in [0.15, 0.2) is 48.9 Å². The van der Waals surface area contributed by atoms with Gasteiger partial charge in [0, 0.05) is 29.7 Å². The molecular weight excluding hydrogens is 383 g/mol. The number of benzene rings is 2. The van der Waals surface area contributed by atoms with Crippen LogP contribution in [-0.4, -0.2) is 30.6 Å². The first-order chi connectivity index (χ1) is 14.6. The molecule has 0 saturated heterocycles. The summed E-state index contributed by atoms with van der Waals surface area (Å²) in [6.07, 6.45) is 3.69. The lowest BCUT2D eigenvalue weighted by atomic mass is 9.93. The van der Waals surface area contributed by atoms with Crippen molar-refractivity contribution in [2.75, 3.05) is 0 Å². The van der Waals surface area contributed by atoms with Crippen molar-refractivity contribution in [1.29, 1.82) is 0 Å². The number of halogens is 1. The van der Waals surface area contributed by atoms with Gasteiger partial charge in [0.05, 0.1) is 19.1 Å². The molecule has 2 aromatic heterocycles. The Morgan fingerprint density at radius 1 is 1.10 bits per heavy atom. The van der Waals surface area contributed by atoms with Crippen molar-refractivity contribution in [3.8, 4) is 22.3 Å². The lowest BCUT2D eigenvalue weighted by Gasteiger charge is -2.12. The first-order valence-corrected chi connectivity index (χ1v) is 9.81. The van der Waals surface area contributed by atoms with Gasteiger partial charge in [0.15, 0.2) is 11.4 Å². The van der Waals surface area contributed by atoms with Crippen molar-refractivity contribution < 1.29 is 14.3 Å². The fraction of sp³-hybridized carbons (Fsp3) is 0.217. The topological polar surface area (TPSA) is 80.9 Å². The first kappa shape index (κ1) is 19.8. The molecule has 0 saturated carbocycles. The standard InChI is InChI=1S/C23H21FN4O2/c1-3-21(30)15-5-7-17(16(9-15)12-29)18-10-14(6-8-20(18)24)19-11-26-27-23-22(19)25-13-28(23)4-2/h5-11,13,29H,3-4,12H2,1-2H3. The van der Waals surface area contributed by atoms with Crippen LogP contribution < -0.4 is 0 Å². The molecule has 0 radical (unpaired) electrons. The lowest BCUT2D eigenvalue weighted by molar-refractivity contribution is 0.0988. The fourth-order valence-corrected chi connectivity index (χ4v) is 3.58. The summed E-state index contributed by atoms with van der Waals surface area (Å²) in [5, 5.41) is 18.1. The number of imidazole rings is 1. The number of ketones is 1. The minimum absolute atomic E-state index is 0.0257. The second kappa shape index (κ2) is 8.12. The number of aryl methyl sites for hydroxylation is 1. The molecule has 6 nitrogen and oxygen atoms in total. The second-order valence-corrected chi connectivity index (χ2v) is 6.96. The first-order valence-electron chi connectivity index (χ1n) is 9.81. The molecule has 0 unspecified atom stereocenters. The van der Waals surface area contributed by atoms with E-state index < -0.39 is 5.82 Å². The van der Waals surface area contributed by atoms with Crippen LogP contribution in [0.2, 0.25) is 0 Å². The highest BCUT2D eigenvalue weighted by Gasteiger charge is 2.16. The maximum absolute atomic E-state index is 14.8. The Hall–Kier alpha value is -3.45. The van der Waals surface area contributed by atoms with E-state index in [1.165, 1.54) is 6.07 Å². The Morgan fingerprint density at radius 2 is 1.93 bits per heavy atom. The Balaban J connectivity index is 1.86. The Bertz CT molecular complexity index is 1250. The number of aromatic nitrogens is 4. The van der Waals surface area contributed by atoms with E-state index in [4.69, 9.17) is 0 Å². The van der Waals surface area contributed by atoms with Crippen LogP contribution in [0.25, 0.3) is 33.4 Å². The van der Waals surface area contributed by atoms with Crippen LogP contribution in [-0.2, 0) is 13.2 Å². The summed E-state index contributed by atoms with van der Waals surface area (Å²) in [7, 11) is 0. The maximum Gasteiger partial charge on any atom is 0.183 e. The van der Waals surface area contributed by atoms with Crippen LogP contribution in [0.3, 0.4) is 0 Å². The van der Waals surface area contributed by atoms with E-state index in [1.54, 1.807) is 49.8 Å². The van der Waals surface area contributed by atoms with Gasteiger partial charge in [-0.15, -0.1) is 5.10 Å². The second-order valence-electron chi connectivity index (χ2n) is 6.96. The minimum Gasteiger partial charge on any atom is -0.392 e. The zero-order valence-corrected chi connectivity index (χ0v) is 16.8. The quantitative estimate of drug-likeness (QED) is 0.482. The molecule has 0 aliphatic heterocycles. The summed E-state index contributed by atoms with van der Waals surface area (Å²) < 4.78 is 16.7. The fourth-order valence-electron chi connectivity index (χ4n) is 3.58. The summed E-state index contributed by atoms with van der Waals surface area (Å²) in [4.78, 5) is 16.5. The molecule has 0 fully saturated rings. The van der Waals surface area contributed by atoms with E-state index in [2.05, 4.69) is 15.2 Å². The van der Waals surface area contributed by atoms with Gasteiger partial charge < -0.3 is 9.67 Å². The number of fused-ring (bicyclic) bond motifs is 1. The number of carbonyl (C=O) groups is 1. The highest BCUT2D eigenvalue weighted by molar-refractivity contribution is 5.97. The molecule has 0 atom stereocenters. The van der Waals surface area contributed by atoms with E-state index in [0.29, 0.717) is 46.4 Å². The predicted octanol–water partition coefficient (Wildman–Crippen LogP) is 4.40. The SMILES string of the molecule is CCC(=O)c1ccc(-c2cc(-c3cnnc4c3ncn4CC)ccc2F)c(CO)c1. The molecule has 7 heteroatoms. The van der Waals surface area contributed by atoms with Gasteiger partial charge in [-0.2, -0.15) is 5.10 Å². The van der Waals surface area contributed by atoms with Gasteiger partial charge in [-0.25, -0.2) is 9.37 Å². The van der Waals surface area contributed by atoms with Crippen molar-refractivity contribution in [2.24, 2.45) is 0 Å². The average Bonchev–Trinajstić information content (AvgIpc) is 3.22. The summed E-state index contributed by atoms with van der Waals surface area (Å²) >= 11 is 0. The summed E-state index contributed by atoms with van der Waals surface area (Å²) in [6, 6.07) is 9.76. The number of hydrogen-bond acceptors (Lipinski definition) is 5. The molecule has 0 amide bonds. The molecule has 0 aliphatic rings. The zero-order chi connectivity index (χ0) is 21.3. The number of nitrogens with zero attached hydrogens (tertiary/aromatic N) is 4. The zero-order valence-electron chi connectivity index (χ0n) is 16.8. The molecular formula is C23H21FN4O2. The summed E-state index contributed by atoms with van der Waals surface area (Å²) in [6.45, 7) is 4.19. The summed E-state index contributed by atoms with van der Waals surface area (Å²) in [5.74, 6) is -0.442. The molecule has 4 rings (SSSR count). The molecule has 152 valence electrons. The lowest BCUT2D eigenvalue weighted by Crippen LogP contribution is -2.00. The van der Waals surface area contributed by atoms with Crippen molar-refractivity contribution in [1.82, 2.24) is 19.7 Å². The Morgan fingerprint density at radius 3 is 2.67 bits per heavy atom. The predicted molar refractivity (Wildman–Crippen MR) is 112 cm³/mol. The van der Waals surface area contributed by atoms with Crippen molar-refractivity contribution in [3.63, 3.8) is 0 Å². The van der Waals surface area contributed by atoms with Gasteiger partial charge in [0.2, 0.25) is 0 Å². The number of rotatable bonds is 6. The molecule has 2 aromatic carbocycles. The average molecular weight is 404 g/mol. The van der Waals surface area contributed by atoms with Gasteiger partial charge in [-0.05, 0) is 41.8 Å². The van der Waals surface area contributed by atoms with Crippen LogP contribution >= 0.6 is 0 Å². The molecule has 2 heterocycles. The molecule has 0 aliphatic carbocycles. The smallest absolute Gasteiger partial charge is 0.183 e. The van der Waals surface area contributed by atoms with Gasteiger partial charge >= 0.3 is 0 Å². The molecule has 30 heavy (non-hydrogen) atoms. The molecule has 0 spiro atoms. The van der Waals surface area contributed by atoms with Gasteiger partial charge in [0.25, 0.3) is 0 Å². The normalized spacial score (nSPS) is 11.2.